The van der Waals surface area contributed by atoms with E-state index in [0.717, 1.165) is 5.56 Å². The second-order valence-electron chi connectivity index (χ2n) is 7.38. The lowest BCUT2D eigenvalue weighted by molar-refractivity contribution is -0.127. The zero-order chi connectivity index (χ0) is 22.6. The molecule has 3 aromatic rings. The van der Waals surface area contributed by atoms with Crippen LogP contribution in [-0.4, -0.2) is 40.1 Å². The van der Waals surface area contributed by atoms with E-state index in [0.29, 0.717) is 17.2 Å². The molecule has 8 heteroatoms. The molecule has 0 spiro atoms. The number of para-hydroxylation sites is 1. The Balaban J connectivity index is 1.50. The second kappa shape index (κ2) is 9.32. The molecule has 0 fully saturated rings. The summed E-state index contributed by atoms with van der Waals surface area (Å²) >= 11 is 0. The van der Waals surface area contributed by atoms with Crippen molar-refractivity contribution in [2.75, 3.05) is 24.0 Å². The molecule has 166 valence electrons. The molecule has 0 saturated heterocycles. The van der Waals surface area contributed by atoms with E-state index in [9.17, 15) is 13.2 Å². The number of fused-ring (bicyclic) bond motifs is 1. The maximum Gasteiger partial charge on any atom is 0.264 e. The van der Waals surface area contributed by atoms with Gasteiger partial charge in [-0.1, -0.05) is 42.5 Å². The summed E-state index contributed by atoms with van der Waals surface area (Å²) < 4.78 is 39.4. The van der Waals surface area contributed by atoms with E-state index >= 15 is 0 Å². The Morgan fingerprint density at radius 2 is 1.75 bits per heavy atom. The first-order valence-corrected chi connectivity index (χ1v) is 11.7. The number of hydrogen-bond donors (Lipinski definition) is 1. The highest BCUT2D eigenvalue weighted by Crippen LogP contribution is 2.37. The average molecular weight is 453 g/mol. The predicted molar refractivity (Wildman–Crippen MR) is 122 cm³/mol. The van der Waals surface area contributed by atoms with Crippen LogP contribution in [0.2, 0.25) is 0 Å². The Kier molecular flexibility index (Phi) is 6.32. The molecule has 0 aliphatic carbocycles. The number of anilines is 1. The number of amides is 1. The van der Waals surface area contributed by atoms with Gasteiger partial charge in [-0.2, -0.15) is 0 Å². The number of carbonyl (C=O) groups is 1. The average Bonchev–Trinajstić information content (AvgIpc) is 2.82. The first-order valence-electron chi connectivity index (χ1n) is 10.3. The molecule has 0 saturated carbocycles. The summed E-state index contributed by atoms with van der Waals surface area (Å²) in [7, 11) is -3.87. The molecular formula is C24H24N2O5S. The molecule has 0 radical (unpaired) electrons. The molecule has 0 bridgehead atoms. The fraction of sp³-hybridized carbons (Fsp3) is 0.208. The van der Waals surface area contributed by atoms with E-state index < -0.39 is 22.0 Å². The van der Waals surface area contributed by atoms with E-state index in [2.05, 4.69) is 5.32 Å². The van der Waals surface area contributed by atoms with Gasteiger partial charge in [0.15, 0.2) is 6.10 Å². The second-order valence-corrected chi connectivity index (χ2v) is 9.24. The van der Waals surface area contributed by atoms with E-state index in [1.54, 1.807) is 30.3 Å². The molecule has 4 rings (SSSR count). The molecule has 32 heavy (non-hydrogen) atoms. The first kappa shape index (κ1) is 21.7. The van der Waals surface area contributed by atoms with Crippen LogP contribution in [0.1, 0.15) is 5.56 Å². The number of nitrogens with zero attached hydrogens (tertiary/aromatic N) is 1. The van der Waals surface area contributed by atoms with E-state index in [1.807, 2.05) is 43.3 Å². The monoisotopic (exact) mass is 452 g/mol. The van der Waals surface area contributed by atoms with Crippen molar-refractivity contribution in [1.29, 1.82) is 0 Å². The lowest BCUT2D eigenvalue weighted by Gasteiger charge is -2.35. The highest BCUT2D eigenvalue weighted by Gasteiger charge is 2.37. The van der Waals surface area contributed by atoms with E-state index in [-0.39, 0.29) is 24.6 Å². The molecule has 1 heterocycles. The number of ether oxygens (including phenoxy) is 2. The van der Waals surface area contributed by atoms with Gasteiger partial charge < -0.3 is 14.8 Å². The number of hydrogen-bond acceptors (Lipinski definition) is 5. The third-order valence-electron chi connectivity index (χ3n) is 5.02. The van der Waals surface area contributed by atoms with Crippen LogP contribution < -0.4 is 19.1 Å². The van der Waals surface area contributed by atoms with E-state index in [1.165, 1.54) is 16.4 Å². The summed E-state index contributed by atoms with van der Waals surface area (Å²) in [6, 6.07) is 22.7. The van der Waals surface area contributed by atoms with Crippen LogP contribution in [0.5, 0.6) is 11.5 Å². The normalized spacial score (nSPS) is 15.4. The van der Waals surface area contributed by atoms with Crippen LogP contribution in [0.25, 0.3) is 0 Å². The zero-order valence-electron chi connectivity index (χ0n) is 17.6. The SMILES string of the molecule is Cc1ccc2c(c1)O[C@H](C(=O)NCCOc1ccccc1)CN2S(=O)(=O)c1ccccc1. The number of nitrogens with one attached hydrogen (secondary N) is 1. The van der Waals surface area contributed by atoms with Crippen LogP contribution in [-0.2, 0) is 14.8 Å². The summed E-state index contributed by atoms with van der Waals surface area (Å²) in [4.78, 5) is 13.0. The van der Waals surface area contributed by atoms with Crippen LogP contribution in [0.4, 0.5) is 5.69 Å². The summed E-state index contributed by atoms with van der Waals surface area (Å²) in [5, 5.41) is 2.77. The van der Waals surface area contributed by atoms with Gasteiger partial charge in [0.2, 0.25) is 0 Å². The van der Waals surface area contributed by atoms with Crippen LogP contribution in [0, 0.1) is 6.92 Å². The molecule has 1 N–H and O–H groups in total. The van der Waals surface area contributed by atoms with Gasteiger partial charge >= 0.3 is 0 Å². The number of benzene rings is 3. The molecule has 1 aliphatic heterocycles. The van der Waals surface area contributed by atoms with Gasteiger partial charge in [0.25, 0.3) is 15.9 Å². The molecular weight excluding hydrogens is 428 g/mol. The van der Waals surface area contributed by atoms with Gasteiger partial charge in [-0.05, 0) is 48.9 Å². The molecule has 3 aromatic carbocycles. The minimum atomic E-state index is -3.87. The van der Waals surface area contributed by atoms with Crippen molar-refractivity contribution >= 4 is 21.6 Å². The Hall–Kier alpha value is -3.52. The van der Waals surface area contributed by atoms with Crippen molar-refractivity contribution in [1.82, 2.24) is 5.32 Å². The van der Waals surface area contributed by atoms with Crippen molar-refractivity contribution in [3.05, 3.63) is 84.4 Å². The fourth-order valence-corrected chi connectivity index (χ4v) is 4.92. The van der Waals surface area contributed by atoms with Crippen molar-refractivity contribution in [3.63, 3.8) is 0 Å². The smallest absolute Gasteiger partial charge is 0.264 e. The largest absolute Gasteiger partial charge is 0.492 e. The van der Waals surface area contributed by atoms with Crippen molar-refractivity contribution in [2.24, 2.45) is 0 Å². The molecule has 0 unspecified atom stereocenters. The number of rotatable bonds is 7. The fourth-order valence-electron chi connectivity index (χ4n) is 3.42. The van der Waals surface area contributed by atoms with Crippen molar-refractivity contribution in [2.45, 2.75) is 17.9 Å². The Morgan fingerprint density at radius 3 is 2.47 bits per heavy atom. The third-order valence-corrected chi connectivity index (χ3v) is 6.82. The number of sulfonamides is 1. The Bertz CT molecular complexity index is 1180. The number of aryl methyl sites for hydroxylation is 1. The molecule has 0 aromatic heterocycles. The molecule has 7 nitrogen and oxygen atoms in total. The topological polar surface area (TPSA) is 84.9 Å². The summed E-state index contributed by atoms with van der Waals surface area (Å²) in [5.41, 5.74) is 1.31. The predicted octanol–water partition coefficient (Wildman–Crippen LogP) is 3.15. The lowest BCUT2D eigenvalue weighted by Crippen LogP contribution is -2.51. The number of carbonyl (C=O) groups excluding carboxylic acids is 1. The van der Waals surface area contributed by atoms with Gasteiger partial charge in [-0.25, -0.2) is 8.42 Å². The van der Waals surface area contributed by atoms with Crippen LogP contribution in [0.15, 0.2) is 83.8 Å². The quantitative estimate of drug-likeness (QED) is 0.557. The molecule has 1 aliphatic rings. The summed E-state index contributed by atoms with van der Waals surface area (Å²) in [5.74, 6) is 0.665. The standard InChI is InChI=1S/C24H24N2O5S/c1-18-12-13-21-22(16-18)31-23(17-26(21)32(28,29)20-10-6-3-7-11-20)24(27)25-14-15-30-19-8-4-2-5-9-19/h2-13,16,23H,14-15,17H2,1H3,(H,25,27)/t23-/m0/s1. The molecule has 1 amide bonds. The Morgan fingerprint density at radius 1 is 1.06 bits per heavy atom. The van der Waals surface area contributed by atoms with Gasteiger partial charge in [-0.15, -0.1) is 0 Å². The van der Waals surface area contributed by atoms with Gasteiger partial charge in [0.05, 0.1) is 23.7 Å². The Labute approximate surface area is 187 Å². The van der Waals surface area contributed by atoms with Gasteiger partial charge in [-0.3, -0.25) is 9.10 Å². The summed E-state index contributed by atoms with van der Waals surface area (Å²) in [6.07, 6.45) is -0.987. The highest BCUT2D eigenvalue weighted by molar-refractivity contribution is 7.92. The van der Waals surface area contributed by atoms with Crippen LogP contribution in [0.3, 0.4) is 0 Å². The van der Waals surface area contributed by atoms with Crippen molar-refractivity contribution in [3.8, 4) is 11.5 Å². The van der Waals surface area contributed by atoms with Gasteiger partial charge in [0, 0.05) is 0 Å². The van der Waals surface area contributed by atoms with E-state index in [4.69, 9.17) is 9.47 Å². The summed E-state index contributed by atoms with van der Waals surface area (Å²) in [6.45, 7) is 2.30. The lowest BCUT2D eigenvalue weighted by atomic mass is 10.1. The maximum absolute atomic E-state index is 13.3. The first-order chi connectivity index (χ1) is 15.4. The minimum Gasteiger partial charge on any atom is -0.492 e. The minimum absolute atomic E-state index is 0.126. The zero-order valence-corrected chi connectivity index (χ0v) is 18.4. The van der Waals surface area contributed by atoms with Crippen LogP contribution >= 0.6 is 0 Å². The van der Waals surface area contributed by atoms with Gasteiger partial charge in [0.1, 0.15) is 18.1 Å². The third kappa shape index (κ3) is 4.70. The van der Waals surface area contributed by atoms with Crippen molar-refractivity contribution < 1.29 is 22.7 Å². The maximum atomic E-state index is 13.3. The highest BCUT2D eigenvalue weighted by atomic mass is 32.2. The molecule has 1 atom stereocenters.